The van der Waals surface area contributed by atoms with Gasteiger partial charge in [0.15, 0.2) is 0 Å². The molecular formula is C16H28O4. The smallest absolute Gasteiger partial charge is 0.333 e. The maximum atomic E-state index is 10.7. The highest BCUT2D eigenvalue weighted by molar-refractivity contribution is 5.87. The molecule has 0 aromatic heterocycles. The highest BCUT2D eigenvalue weighted by Gasteiger charge is 2.09. The zero-order chi connectivity index (χ0) is 16.3. The van der Waals surface area contributed by atoms with E-state index in [1.54, 1.807) is 19.9 Å². The number of hydrogen-bond donors (Lipinski definition) is 1. The quantitative estimate of drug-likeness (QED) is 0.471. The van der Waals surface area contributed by atoms with Gasteiger partial charge in [-0.1, -0.05) is 46.8 Å². The van der Waals surface area contributed by atoms with Crippen LogP contribution in [0, 0.1) is 5.41 Å². The molecule has 0 atom stereocenters. The first-order chi connectivity index (χ1) is 9.01. The molecule has 0 radical (unpaired) electrons. The second-order valence-electron chi connectivity index (χ2n) is 5.77. The first-order valence-electron chi connectivity index (χ1n) is 6.76. The third-order valence-electron chi connectivity index (χ3n) is 2.07. The Morgan fingerprint density at radius 2 is 1.75 bits per heavy atom. The minimum absolute atomic E-state index is 0.0392. The van der Waals surface area contributed by atoms with E-state index in [9.17, 15) is 9.59 Å². The monoisotopic (exact) mass is 284 g/mol. The third kappa shape index (κ3) is 14.5. The fourth-order valence-corrected chi connectivity index (χ4v) is 1.14. The lowest BCUT2D eigenvalue weighted by molar-refractivity contribution is -0.139. The summed E-state index contributed by atoms with van der Waals surface area (Å²) in [6.45, 7) is 15.2. The number of unbranched alkanes of at least 4 members (excludes halogenated alkanes) is 1. The van der Waals surface area contributed by atoms with Crippen molar-refractivity contribution in [1.82, 2.24) is 0 Å². The average molecular weight is 284 g/mol. The molecule has 0 aromatic carbocycles. The third-order valence-corrected chi connectivity index (χ3v) is 2.07. The van der Waals surface area contributed by atoms with Gasteiger partial charge in [0.25, 0.3) is 0 Å². The van der Waals surface area contributed by atoms with E-state index < -0.39 is 5.97 Å². The van der Waals surface area contributed by atoms with Gasteiger partial charge in [-0.25, -0.2) is 9.59 Å². The van der Waals surface area contributed by atoms with Gasteiger partial charge >= 0.3 is 11.9 Å². The van der Waals surface area contributed by atoms with Crippen LogP contribution >= 0.6 is 0 Å². The van der Waals surface area contributed by atoms with Crippen LogP contribution in [0.3, 0.4) is 0 Å². The predicted octanol–water partition coefficient (Wildman–Crippen LogP) is 3.97. The summed E-state index contributed by atoms with van der Waals surface area (Å²) < 4.78 is 4.81. The fraction of sp³-hybridized carbons (Fsp3) is 0.625. The van der Waals surface area contributed by atoms with E-state index in [2.05, 4.69) is 13.5 Å². The summed E-state index contributed by atoms with van der Waals surface area (Å²) in [6, 6.07) is 0. The van der Waals surface area contributed by atoms with Crippen LogP contribution in [0.25, 0.3) is 0 Å². The van der Waals surface area contributed by atoms with Crippen molar-refractivity contribution in [2.24, 2.45) is 5.41 Å². The van der Waals surface area contributed by atoms with Crippen LogP contribution in [-0.2, 0) is 14.3 Å². The van der Waals surface area contributed by atoms with Gasteiger partial charge in [0.2, 0.25) is 0 Å². The second-order valence-corrected chi connectivity index (χ2v) is 5.77. The van der Waals surface area contributed by atoms with Crippen molar-refractivity contribution >= 4 is 11.9 Å². The number of aliphatic carboxylic acids is 1. The van der Waals surface area contributed by atoms with Gasteiger partial charge in [-0.3, -0.25) is 0 Å². The first-order valence-corrected chi connectivity index (χ1v) is 6.76. The minimum atomic E-state index is -0.838. The summed E-state index contributed by atoms with van der Waals surface area (Å²) in [7, 11) is 0. The molecule has 0 rings (SSSR count). The van der Waals surface area contributed by atoms with Crippen molar-refractivity contribution in [2.45, 2.75) is 54.4 Å². The van der Waals surface area contributed by atoms with E-state index in [1.807, 2.05) is 20.8 Å². The predicted molar refractivity (Wildman–Crippen MR) is 81.5 cm³/mol. The minimum Gasteiger partial charge on any atom is -0.478 e. The molecule has 0 spiro atoms. The van der Waals surface area contributed by atoms with Gasteiger partial charge in [-0.15, -0.1) is 0 Å². The Labute approximate surface area is 122 Å². The van der Waals surface area contributed by atoms with E-state index in [-0.39, 0.29) is 11.4 Å². The maximum absolute atomic E-state index is 10.7. The number of carboxylic acid groups (broad SMARTS) is 1. The Kier molecular flexibility index (Phi) is 10.6. The lowest BCUT2D eigenvalue weighted by atomic mass is 9.94. The topological polar surface area (TPSA) is 63.6 Å². The number of ether oxygens (including phenoxy) is 1. The Hall–Kier alpha value is -1.58. The van der Waals surface area contributed by atoms with Crippen molar-refractivity contribution in [1.29, 1.82) is 0 Å². The van der Waals surface area contributed by atoms with Gasteiger partial charge in [0.05, 0.1) is 6.61 Å². The molecule has 0 aliphatic heterocycles. The molecule has 1 N–H and O–H groups in total. The Balaban J connectivity index is 0. The molecule has 0 saturated carbocycles. The zero-order valence-electron chi connectivity index (χ0n) is 13.6. The standard InChI is InChI=1S/2C8H14O2/c1-6(7(9)10)5-8(2,3)4;1-4-5-6-10-8(9)7(2)3/h5H,1-4H3,(H,9,10);2,4-6H2,1,3H3. The highest BCUT2D eigenvalue weighted by Crippen LogP contribution is 2.17. The van der Waals surface area contributed by atoms with Crippen molar-refractivity contribution < 1.29 is 19.4 Å². The van der Waals surface area contributed by atoms with Crippen LogP contribution in [-0.4, -0.2) is 23.7 Å². The number of esters is 1. The maximum Gasteiger partial charge on any atom is 0.333 e. The Bertz CT molecular complexity index is 359. The molecule has 20 heavy (non-hydrogen) atoms. The van der Waals surface area contributed by atoms with Crippen LogP contribution in [0.5, 0.6) is 0 Å². The van der Waals surface area contributed by atoms with E-state index in [0.717, 1.165) is 12.8 Å². The molecule has 116 valence electrons. The molecule has 0 aliphatic carbocycles. The molecule has 0 fully saturated rings. The molecule has 0 bridgehead atoms. The van der Waals surface area contributed by atoms with E-state index in [4.69, 9.17) is 9.84 Å². The number of hydrogen-bond acceptors (Lipinski definition) is 3. The average Bonchev–Trinajstić information content (AvgIpc) is 2.27. The zero-order valence-corrected chi connectivity index (χ0v) is 13.6. The summed E-state index contributed by atoms with van der Waals surface area (Å²) in [5.41, 5.74) is 0.839. The van der Waals surface area contributed by atoms with Gasteiger partial charge in [-0.2, -0.15) is 0 Å². The Morgan fingerprint density at radius 3 is 2.00 bits per heavy atom. The lowest BCUT2D eigenvalue weighted by Crippen LogP contribution is -2.05. The number of allylic oxidation sites excluding steroid dienone is 1. The largest absolute Gasteiger partial charge is 0.478 e. The number of carboxylic acids is 1. The summed E-state index contributed by atoms with van der Waals surface area (Å²) in [4.78, 5) is 21.0. The summed E-state index contributed by atoms with van der Waals surface area (Å²) in [5.74, 6) is -1.12. The van der Waals surface area contributed by atoms with Crippen molar-refractivity contribution in [3.05, 3.63) is 23.8 Å². The van der Waals surface area contributed by atoms with Crippen LogP contribution in [0.2, 0.25) is 0 Å². The van der Waals surface area contributed by atoms with Crippen molar-refractivity contribution in [2.75, 3.05) is 6.61 Å². The summed E-state index contributed by atoms with van der Waals surface area (Å²) in [6.07, 6.45) is 3.72. The molecule has 0 unspecified atom stereocenters. The highest BCUT2D eigenvalue weighted by atomic mass is 16.5. The number of rotatable bonds is 5. The van der Waals surface area contributed by atoms with Gasteiger partial charge in [0, 0.05) is 11.1 Å². The van der Waals surface area contributed by atoms with Gasteiger partial charge in [0.1, 0.15) is 0 Å². The van der Waals surface area contributed by atoms with Crippen LogP contribution in [0.1, 0.15) is 54.4 Å². The van der Waals surface area contributed by atoms with Crippen LogP contribution in [0.4, 0.5) is 0 Å². The molecule has 0 heterocycles. The molecule has 4 nitrogen and oxygen atoms in total. The first kappa shape index (κ1) is 20.7. The summed E-state index contributed by atoms with van der Waals surface area (Å²) >= 11 is 0. The van der Waals surface area contributed by atoms with Crippen LogP contribution < -0.4 is 0 Å². The number of carbonyl (C=O) groups is 2. The number of carbonyl (C=O) groups excluding carboxylic acids is 1. The lowest BCUT2D eigenvalue weighted by Gasteiger charge is -2.11. The van der Waals surface area contributed by atoms with Gasteiger partial charge in [-0.05, 0) is 25.7 Å². The van der Waals surface area contributed by atoms with Crippen molar-refractivity contribution in [3.63, 3.8) is 0 Å². The van der Waals surface area contributed by atoms with E-state index in [0.29, 0.717) is 17.8 Å². The molecule has 0 saturated heterocycles. The summed E-state index contributed by atoms with van der Waals surface area (Å²) in [5, 5.41) is 8.48. The molecule has 0 amide bonds. The van der Waals surface area contributed by atoms with E-state index in [1.165, 1.54) is 0 Å². The SMILES string of the molecule is C=C(C)C(=O)OCCCC.CC(=CC(C)(C)C)C(=O)O. The van der Waals surface area contributed by atoms with Crippen molar-refractivity contribution in [3.8, 4) is 0 Å². The molecular weight excluding hydrogens is 256 g/mol. The van der Waals surface area contributed by atoms with E-state index >= 15 is 0 Å². The molecule has 0 aromatic rings. The fourth-order valence-electron chi connectivity index (χ4n) is 1.14. The Morgan fingerprint density at radius 1 is 1.25 bits per heavy atom. The normalized spacial score (nSPS) is 11.2. The molecule has 0 aliphatic rings. The second kappa shape index (κ2) is 10.2. The van der Waals surface area contributed by atoms with Gasteiger partial charge < -0.3 is 9.84 Å². The van der Waals surface area contributed by atoms with Crippen LogP contribution in [0.15, 0.2) is 23.8 Å². The molecule has 4 heteroatoms.